The van der Waals surface area contributed by atoms with Crippen LogP contribution in [-0.2, 0) is 6.54 Å². The van der Waals surface area contributed by atoms with Gasteiger partial charge in [-0.05, 0) is 48.4 Å². The van der Waals surface area contributed by atoms with E-state index in [1.54, 1.807) is 6.07 Å². The highest BCUT2D eigenvalue weighted by Crippen LogP contribution is 2.24. The molecule has 0 aliphatic carbocycles. The molecule has 0 unspecified atom stereocenters. The van der Waals surface area contributed by atoms with E-state index in [-0.39, 0.29) is 5.82 Å². The Hall–Kier alpha value is -1.06. The number of anilines is 1. The van der Waals surface area contributed by atoms with E-state index < -0.39 is 0 Å². The first-order valence-electron chi connectivity index (χ1n) is 5.50. The molecule has 1 N–H and O–H groups in total. The maximum Gasteiger partial charge on any atom is 0.125 e. The Morgan fingerprint density at radius 1 is 1.28 bits per heavy atom. The third-order valence-corrected chi connectivity index (χ3v) is 3.75. The highest BCUT2D eigenvalue weighted by Gasteiger charge is 2.03. The standard InChI is InChI=1S/C14H12BrClFN/c1-9-13(15)3-2-4-14(9)18-8-10-5-11(16)7-12(17)6-10/h2-7,18H,8H2,1H3. The Morgan fingerprint density at radius 2 is 2.06 bits per heavy atom. The fourth-order valence-electron chi connectivity index (χ4n) is 1.71. The second kappa shape index (κ2) is 5.72. The Balaban J connectivity index is 2.14. The predicted octanol–water partition coefficient (Wildman–Crippen LogP) is 5.16. The Labute approximate surface area is 119 Å². The third kappa shape index (κ3) is 3.24. The maximum atomic E-state index is 13.2. The van der Waals surface area contributed by atoms with Gasteiger partial charge in [-0.2, -0.15) is 0 Å². The SMILES string of the molecule is Cc1c(Br)cccc1NCc1cc(F)cc(Cl)c1. The summed E-state index contributed by atoms with van der Waals surface area (Å²) in [5.74, 6) is -0.315. The second-order valence-corrected chi connectivity index (χ2v) is 5.33. The van der Waals surface area contributed by atoms with E-state index in [0.29, 0.717) is 11.6 Å². The van der Waals surface area contributed by atoms with E-state index in [2.05, 4.69) is 21.2 Å². The van der Waals surface area contributed by atoms with E-state index in [0.717, 1.165) is 21.3 Å². The van der Waals surface area contributed by atoms with Crippen molar-refractivity contribution in [2.24, 2.45) is 0 Å². The van der Waals surface area contributed by atoms with E-state index in [1.165, 1.54) is 12.1 Å². The van der Waals surface area contributed by atoms with Gasteiger partial charge in [-0.3, -0.25) is 0 Å². The summed E-state index contributed by atoms with van der Waals surface area (Å²) in [5, 5.41) is 3.68. The van der Waals surface area contributed by atoms with Crippen LogP contribution in [0.5, 0.6) is 0 Å². The molecule has 0 atom stereocenters. The van der Waals surface area contributed by atoms with Crippen molar-refractivity contribution in [1.29, 1.82) is 0 Å². The fourth-order valence-corrected chi connectivity index (χ4v) is 2.32. The van der Waals surface area contributed by atoms with Crippen LogP contribution >= 0.6 is 27.5 Å². The quantitative estimate of drug-likeness (QED) is 0.820. The molecule has 2 rings (SSSR count). The zero-order chi connectivity index (χ0) is 13.1. The Kier molecular flexibility index (Phi) is 4.25. The molecule has 0 radical (unpaired) electrons. The van der Waals surface area contributed by atoms with Crippen LogP contribution in [0.1, 0.15) is 11.1 Å². The van der Waals surface area contributed by atoms with Crippen LogP contribution in [0.3, 0.4) is 0 Å². The third-order valence-electron chi connectivity index (χ3n) is 2.67. The van der Waals surface area contributed by atoms with Crippen molar-refractivity contribution < 1.29 is 4.39 Å². The largest absolute Gasteiger partial charge is 0.381 e. The van der Waals surface area contributed by atoms with Gasteiger partial charge in [-0.25, -0.2) is 4.39 Å². The van der Waals surface area contributed by atoms with E-state index in [9.17, 15) is 4.39 Å². The van der Waals surface area contributed by atoms with Gasteiger partial charge in [0.2, 0.25) is 0 Å². The zero-order valence-corrected chi connectivity index (χ0v) is 12.1. The van der Waals surface area contributed by atoms with Gasteiger partial charge < -0.3 is 5.32 Å². The molecule has 0 bridgehead atoms. The molecule has 2 aromatic rings. The van der Waals surface area contributed by atoms with Crippen molar-refractivity contribution in [3.63, 3.8) is 0 Å². The highest BCUT2D eigenvalue weighted by atomic mass is 79.9. The fraction of sp³-hybridized carbons (Fsp3) is 0.143. The number of benzene rings is 2. The molecule has 2 aromatic carbocycles. The van der Waals surface area contributed by atoms with Crippen molar-refractivity contribution >= 4 is 33.2 Å². The summed E-state index contributed by atoms with van der Waals surface area (Å²) in [5.41, 5.74) is 2.96. The highest BCUT2D eigenvalue weighted by molar-refractivity contribution is 9.10. The second-order valence-electron chi connectivity index (χ2n) is 4.04. The van der Waals surface area contributed by atoms with Gasteiger partial charge in [0.25, 0.3) is 0 Å². The van der Waals surface area contributed by atoms with Gasteiger partial charge >= 0.3 is 0 Å². The van der Waals surface area contributed by atoms with Crippen molar-refractivity contribution in [3.05, 3.63) is 62.8 Å². The molecule has 94 valence electrons. The molecule has 0 saturated heterocycles. The molecule has 4 heteroatoms. The van der Waals surface area contributed by atoms with Gasteiger partial charge in [0, 0.05) is 21.7 Å². The lowest BCUT2D eigenvalue weighted by Crippen LogP contribution is -2.01. The molecule has 0 aliphatic rings. The van der Waals surface area contributed by atoms with E-state index in [4.69, 9.17) is 11.6 Å². The minimum atomic E-state index is -0.315. The number of nitrogens with one attached hydrogen (secondary N) is 1. The summed E-state index contributed by atoms with van der Waals surface area (Å²) in [6.07, 6.45) is 0. The minimum Gasteiger partial charge on any atom is -0.381 e. The molecule has 0 saturated carbocycles. The Morgan fingerprint density at radius 3 is 2.78 bits per heavy atom. The average molecular weight is 329 g/mol. The lowest BCUT2D eigenvalue weighted by atomic mass is 10.1. The number of hydrogen-bond donors (Lipinski definition) is 1. The first-order valence-corrected chi connectivity index (χ1v) is 6.67. The molecule has 0 amide bonds. The van der Waals surface area contributed by atoms with Crippen LogP contribution in [0.15, 0.2) is 40.9 Å². The minimum absolute atomic E-state index is 0.315. The lowest BCUT2D eigenvalue weighted by Gasteiger charge is -2.11. The predicted molar refractivity (Wildman–Crippen MR) is 77.6 cm³/mol. The lowest BCUT2D eigenvalue weighted by molar-refractivity contribution is 0.626. The smallest absolute Gasteiger partial charge is 0.125 e. The van der Waals surface area contributed by atoms with Crippen molar-refractivity contribution in [3.8, 4) is 0 Å². The molecule has 0 spiro atoms. The van der Waals surface area contributed by atoms with Crippen LogP contribution in [0, 0.1) is 12.7 Å². The van der Waals surface area contributed by atoms with Gasteiger partial charge in [0.05, 0.1) is 0 Å². The summed E-state index contributed by atoms with van der Waals surface area (Å²) in [6, 6.07) is 10.5. The van der Waals surface area contributed by atoms with Crippen molar-refractivity contribution in [2.45, 2.75) is 13.5 Å². The molecular formula is C14H12BrClFN. The molecule has 0 heterocycles. The van der Waals surface area contributed by atoms with Crippen LogP contribution in [0.25, 0.3) is 0 Å². The molecule has 1 nitrogen and oxygen atoms in total. The number of halogens is 3. The first-order chi connectivity index (χ1) is 8.56. The van der Waals surface area contributed by atoms with E-state index in [1.807, 2.05) is 25.1 Å². The van der Waals surface area contributed by atoms with Crippen LogP contribution in [0.2, 0.25) is 5.02 Å². The van der Waals surface area contributed by atoms with Crippen molar-refractivity contribution in [2.75, 3.05) is 5.32 Å². The van der Waals surface area contributed by atoms with Crippen LogP contribution in [0.4, 0.5) is 10.1 Å². The topological polar surface area (TPSA) is 12.0 Å². The summed E-state index contributed by atoms with van der Waals surface area (Å²) in [6.45, 7) is 2.56. The van der Waals surface area contributed by atoms with Gasteiger partial charge in [-0.1, -0.05) is 33.6 Å². The molecular weight excluding hydrogens is 317 g/mol. The normalized spacial score (nSPS) is 10.4. The summed E-state index contributed by atoms with van der Waals surface area (Å²) < 4.78 is 14.2. The first kappa shape index (κ1) is 13.4. The molecule has 0 aromatic heterocycles. The van der Waals surface area contributed by atoms with Gasteiger partial charge in [-0.15, -0.1) is 0 Å². The molecule has 0 aliphatic heterocycles. The number of rotatable bonds is 3. The van der Waals surface area contributed by atoms with Gasteiger partial charge in [0.1, 0.15) is 5.82 Å². The van der Waals surface area contributed by atoms with Crippen LogP contribution in [-0.4, -0.2) is 0 Å². The molecule has 18 heavy (non-hydrogen) atoms. The van der Waals surface area contributed by atoms with Crippen molar-refractivity contribution in [1.82, 2.24) is 0 Å². The average Bonchev–Trinajstić information content (AvgIpc) is 2.30. The van der Waals surface area contributed by atoms with E-state index >= 15 is 0 Å². The zero-order valence-electron chi connectivity index (χ0n) is 9.81. The summed E-state index contributed by atoms with van der Waals surface area (Å²) in [7, 11) is 0. The molecule has 0 fully saturated rings. The summed E-state index contributed by atoms with van der Waals surface area (Å²) in [4.78, 5) is 0. The summed E-state index contributed by atoms with van der Waals surface area (Å²) >= 11 is 9.29. The number of hydrogen-bond acceptors (Lipinski definition) is 1. The van der Waals surface area contributed by atoms with Gasteiger partial charge in [0.15, 0.2) is 0 Å². The monoisotopic (exact) mass is 327 g/mol. The Bertz CT molecular complexity index is 551. The maximum absolute atomic E-state index is 13.2. The van der Waals surface area contributed by atoms with Crippen LogP contribution < -0.4 is 5.32 Å².